The van der Waals surface area contributed by atoms with Crippen molar-refractivity contribution < 1.29 is 9.59 Å². The molecule has 1 aliphatic carbocycles. The number of nitrogens with zero attached hydrogens (tertiary/aromatic N) is 2. The van der Waals surface area contributed by atoms with Crippen molar-refractivity contribution in [3.63, 3.8) is 0 Å². The van der Waals surface area contributed by atoms with E-state index in [1.54, 1.807) is 0 Å². The number of carbonyl (C=O) groups excluding carboxylic acids is 2. The molecule has 6 nitrogen and oxygen atoms in total. The Kier molecular flexibility index (Phi) is 7.16. The maximum absolute atomic E-state index is 12.7. The van der Waals surface area contributed by atoms with Crippen LogP contribution in [0, 0.1) is 5.92 Å². The van der Waals surface area contributed by atoms with E-state index in [-0.39, 0.29) is 30.3 Å². The molecular formula is C17H31ClN4O2. The number of hydrogen-bond donors (Lipinski definition) is 2. The third-order valence-electron chi connectivity index (χ3n) is 5.67. The van der Waals surface area contributed by atoms with Crippen LogP contribution < -0.4 is 10.6 Å². The highest BCUT2D eigenvalue weighted by Gasteiger charge is 2.33. The Morgan fingerprint density at radius 3 is 2.54 bits per heavy atom. The van der Waals surface area contributed by atoms with Crippen LogP contribution in [-0.2, 0) is 4.79 Å². The molecule has 3 rings (SSSR count). The standard InChI is InChI=1S/C17H30N4O2.ClH/c1-20(15-8-9-18-11-15)16(22)13-5-4-10-21(12-13)17(23)19-14-6-2-3-7-14;/h13-15,18H,2-12H2,1H3,(H,19,23);1H. The average molecular weight is 359 g/mol. The Morgan fingerprint density at radius 1 is 1.12 bits per heavy atom. The minimum absolute atomic E-state index is 0. The molecule has 2 unspecified atom stereocenters. The van der Waals surface area contributed by atoms with Gasteiger partial charge in [-0.05, 0) is 38.6 Å². The van der Waals surface area contributed by atoms with Crippen molar-refractivity contribution in [1.29, 1.82) is 0 Å². The lowest BCUT2D eigenvalue weighted by Crippen LogP contribution is -2.52. The van der Waals surface area contributed by atoms with E-state index < -0.39 is 0 Å². The Bertz CT molecular complexity index is 436. The van der Waals surface area contributed by atoms with E-state index in [4.69, 9.17) is 0 Å². The molecule has 0 radical (unpaired) electrons. The molecule has 0 spiro atoms. The van der Waals surface area contributed by atoms with Gasteiger partial charge in [-0.1, -0.05) is 12.8 Å². The minimum Gasteiger partial charge on any atom is -0.341 e. The van der Waals surface area contributed by atoms with Gasteiger partial charge in [0.2, 0.25) is 5.91 Å². The summed E-state index contributed by atoms with van der Waals surface area (Å²) < 4.78 is 0. The van der Waals surface area contributed by atoms with Crippen LogP contribution in [0.3, 0.4) is 0 Å². The smallest absolute Gasteiger partial charge is 0.317 e. The van der Waals surface area contributed by atoms with Crippen molar-refractivity contribution in [3.05, 3.63) is 0 Å². The third-order valence-corrected chi connectivity index (χ3v) is 5.67. The second-order valence-corrected chi connectivity index (χ2v) is 7.31. The van der Waals surface area contributed by atoms with Gasteiger partial charge in [0.05, 0.1) is 5.92 Å². The Morgan fingerprint density at radius 2 is 1.88 bits per heavy atom. The van der Waals surface area contributed by atoms with Crippen LogP contribution in [0.4, 0.5) is 4.79 Å². The van der Waals surface area contributed by atoms with Crippen LogP contribution in [0.15, 0.2) is 0 Å². The summed E-state index contributed by atoms with van der Waals surface area (Å²) in [4.78, 5) is 28.9. The SMILES string of the molecule is CN(C(=O)C1CCCN(C(=O)NC2CCCC2)C1)C1CCNC1.Cl. The first-order valence-electron chi connectivity index (χ1n) is 9.18. The fraction of sp³-hybridized carbons (Fsp3) is 0.882. The van der Waals surface area contributed by atoms with E-state index in [9.17, 15) is 9.59 Å². The summed E-state index contributed by atoms with van der Waals surface area (Å²) in [7, 11) is 1.91. The number of hydrogen-bond acceptors (Lipinski definition) is 3. The van der Waals surface area contributed by atoms with Crippen molar-refractivity contribution in [2.45, 2.75) is 57.0 Å². The third kappa shape index (κ3) is 4.54. The highest BCUT2D eigenvalue weighted by Crippen LogP contribution is 2.22. The number of rotatable bonds is 3. The summed E-state index contributed by atoms with van der Waals surface area (Å²) in [5.41, 5.74) is 0. The van der Waals surface area contributed by atoms with Crippen LogP contribution in [0.5, 0.6) is 0 Å². The van der Waals surface area contributed by atoms with Crippen LogP contribution in [0.1, 0.15) is 44.9 Å². The molecule has 3 aliphatic rings. The molecule has 2 atom stereocenters. The fourth-order valence-corrected chi connectivity index (χ4v) is 4.14. The monoisotopic (exact) mass is 358 g/mol. The maximum Gasteiger partial charge on any atom is 0.317 e. The van der Waals surface area contributed by atoms with E-state index in [1.807, 2.05) is 16.8 Å². The highest BCUT2D eigenvalue weighted by atomic mass is 35.5. The van der Waals surface area contributed by atoms with Gasteiger partial charge in [-0.15, -0.1) is 12.4 Å². The normalized spacial score (nSPS) is 27.6. The van der Waals surface area contributed by atoms with Crippen molar-refractivity contribution in [2.75, 3.05) is 33.2 Å². The average Bonchev–Trinajstić information content (AvgIpc) is 3.27. The van der Waals surface area contributed by atoms with Crippen molar-refractivity contribution >= 4 is 24.3 Å². The van der Waals surface area contributed by atoms with E-state index >= 15 is 0 Å². The van der Waals surface area contributed by atoms with Crippen LogP contribution in [-0.4, -0.2) is 67.0 Å². The lowest BCUT2D eigenvalue weighted by atomic mass is 9.96. The zero-order valence-corrected chi connectivity index (χ0v) is 15.4. The zero-order chi connectivity index (χ0) is 16.2. The Balaban J connectivity index is 0.00000208. The lowest BCUT2D eigenvalue weighted by Gasteiger charge is -2.36. The minimum atomic E-state index is -0.0383. The van der Waals surface area contributed by atoms with E-state index in [0.717, 1.165) is 51.7 Å². The molecule has 2 aliphatic heterocycles. The number of carbonyl (C=O) groups is 2. The first kappa shape index (κ1) is 19.3. The molecule has 3 fully saturated rings. The molecule has 24 heavy (non-hydrogen) atoms. The van der Waals surface area contributed by atoms with E-state index in [2.05, 4.69) is 10.6 Å². The maximum atomic E-state index is 12.7. The highest BCUT2D eigenvalue weighted by molar-refractivity contribution is 5.85. The molecule has 0 aromatic heterocycles. The Labute approximate surface area is 151 Å². The summed E-state index contributed by atoms with van der Waals surface area (Å²) in [5.74, 6) is 0.167. The molecule has 138 valence electrons. The summed E-state index contributed by atoms with van der Waals surface area (Å²) in [5, 5.41) is 6.45. The topological polar surface area (TPSA) is 64.7 Å². The quantitative estimate of drug-likeness (QED) is 0.805. The zero-order valence-electron chi connectivity index (χ0n) is 14.6. The number of amides is 3. The molecule has 1 saturated carbocycles. The van der Waals surface area contributed by atoms with Gasteiger partial charge in [0, 0.05) is 38.8 Å². The summed E-state index contributed by atoms with van der Waals surface area (Å²) in [6.07, 6.45) is 7.47. The number of likely N-dealkylation sites (N-methyl/N-ethyl adjacent to an activating group) is 1. The molecular weight excluding hydrogens is 328 g/mol. The second-order valence-electron chi connectivity index (χ2n) is 7.31. The number of urea groups is 1. The molecule has 0 aromatic rings. The molecule has 0 bridgehead atoms. The number of piperidine rings is 1. The van der Waals surface area contributed by atoms with Gasteiger partial charge in [-0.25, -0.2) is 4.79 Å². The van der Waals surface area contributed by atoms with Gasteiger partial charge in [0.1, 0.15) is 0 Å². The van der Waals surface area contributed by atoms with E-state index in [1.165, 1.54) is 12.8 Å². The first-order valence-corrected chi connectivity index (χ1v) is 9.18. The van der Waals surface area contributed by atoms with Gasteiger partial charge in [-0.2, -0.15) is 0 Å². The largest absolute Gasteiger partial charge is 0.341 e. The fourth-order valence-electron chi connectivity index (χ4n) is 4.14. The number of halogens is 1. The molecule has 2 saturated heterocycles. The van der Waals surface area contributed by atoms with Gasteiger partial charge < -0.3 is 20.4 Å². The van der Waals surface area contributed by atoms with Crippen molar-refractivity contribution in [3.8, 4) is 0 Å². The van der Waals surface area contributed by atoms with E-state index in [0.29, 0.717) is 18.6 Å². The van der Waals surface area contributed by atoms with Crippen LogP contribution in [0.25, 0.3) is 0 Å². The molecule has 3 amide bonds. The molecule has 2 heterocycles. The van der Waals surface area contributed by atoms with Crippen LogP contribution in [0.2, 0.25) is 0 Å². The molecule has 0 aromatic carbocycles. The predicted octanol–water partition coefficient (Wildman–Crippen LogP) is 1.59. The number of likely N-dealkylation sites (tertiary alicyclic amines) is 1. The van der Waals surface area contributed by atoms with Crippen molar-refractivity contribution in [2.24, 2.45) is 5.92 Å². The van der Waals surface area contributed by atoms with Gasteiger partial charge in [0.15, 0.2) is 0 Å². The summed E-state index contributed by atoms with van der Waals surface area (Å²) in [6.45, 7) is 3.22. The Hall–Kier alpha value is -1.01. The van der Waals surface area contributed by atoms with Crippen LogP contribution >= 0.6 is 12.4 Å². The van der Waals surface area contributed by atoms with Crippen molar-refractivity contribution in [1.82, 2.24) is 20.4 Å². The van der Waals surface area contributed by atoms with Gasteiger partial charge in [-0.3, -0.25) is 4.79 Å². The summed E-state index contributed by atoms with van der Waals surface area (Å²) >= 11 is 0. The predicted molar refractivity (Wildman–Crippen MR) is 96.4 cm³/mol. The van der Waals surface area contributed by atoms with Gasteiger partial charge >= 0.3 is 6.03 Å². The lowest BCUT2D eigenvalue weighted by molar-refractivity contribution is -0.137. The first-order chi connectivity index (χ1) is 11.1. The van der Waals surface area contributed by atoms with Gasteiger partial charge in [0.25, 0.3) is 0 Å². The molecule has 7 heteroatoms. The molecule has 2 N–H and O–H groups in total. The number of nitrogens with one attached hydrogen (secondary N) is 2. The second kappa shape index (κ2) is 8.90. The summed E-state index contributed by atoms with van der Waals surface area (Å²) in [6, 6.07) is 0.676.